The summed E-state index contributed by atoms with van der Waals surface area (Å²) in [6.07, 6.45) is 0. The van der Waals surface area contributed by atoms with Crippen molar-refractivity contribution in [1.29, 1.82) is 0 Å². The van der Waals surface area contributed by atoms with E-state index in [2.05, 4.69) is 29.1 Å². The van der Waals surface area contributed by atoms with E-state index in [0.29, 0.717) is 29.9 Å². The number of hydrogen-bond acceptors (Lipinski definition) is 6. The molecule has 0 spiro atoms. The molecule has 1 heterocycles. The van der Waals surface area contributed by atoms with E-state index in [1.54, 1.807) is 14.0 Å². The zero-order valence-corrected chi connectivity index (χ0v) is 13.0. The number of hydrogen-bond donors (Lipinski definition) is 1. The molecule has 20 heavy (non-hydrogen) atoms. The number of nitrogens with one attached hydrogen (secondary N) is 1. The Hall–Kier alpha value is -1.92. The highest BCUT2D eigenvalue weighted by atomic mass is 16.6. The van der Waals surface area contributed by atoms with Gasteiger partial charge in [-0.1, -0.05) is 13.8 Å². The minimum Gasteiger partial charge on any atom is -0.357 e. The maximum absolute atomic E-state index is 11.3. The molecule has 0 aliphatic rings. The third-order valence-electron chi connectivity index (χ3n) is 2.90. The monoisotopic (exact) mass is 281 g/mol. The van der Waals surface area contributed by atoms with Crippen molar-refractivity contribution in [2.45, 2.75) is 40.7 Å². The van der Waals surface area contributed by atoms with E-state index in [0.717, 1.165) is 0 Å². The molecule has 7 nitrogen and oxygen atoms in total. The second kappa shape index (κ2) is 6.49. The number of rotatable bonds is 6. The van der Waals surface area contributed by atoms with Gasteiger partial charge in [0.2, 0.25) is 11.8 Å². The Balaban J connectivity index is 3.44. The number of nitro groups is 1. The smallest absolute Gasteiger partial charge is 0.332 e. The van der Waals surface area contributed by atoms with Crippen molar-refractivity contribution >= 4 is 17.5 Å². The van der Waals surface area contributed by atoms with Crippen LogP contribution in [0.15, 0.2) is 0 Å². The highest BCUT2D eigenvalue weighted by molar-refractivity contribution is 5.62. The molecule has 7 heteroatoms. The van der Waals surface area contributed by atoms with Crippen LogP contribution in [0, 0.1) is 23.0 Å². The van der Waals surface area contributed by atoms with Crippen molar-refractivity contribution < 1.29 is 4.92 Å². The molecule has 0 bridgehead atoms. The van der Waals surface area contributed by atoms with Crippen LogP contribution in [-0.2, 0) is 0 Å². The summed E-state index contributed by atoms with van der Waals surface area (Å²) in [5, 5.41) is 14.2. The lowest BCUT2D eigenvalue weighted by Gasteiger charge is -2.29. The molecular weight excluding hydrogens is 258 g/mol. The van der Waals surface area contributed by atoms with Crippen molar-refractivity contribution in [3.63, 3.8) is 0 Å². The van der Waals surface area contributed by atoms with E-state index < -0.39 is 4.92 Å². The summed E-state index contributed by atoms with van der Waals surface area (Å²) in [6, 6.07) is 0.120. The van der Waals surface area contributed by atoms with Crippen LogP contribution in [-0.4, -0.2) is 34.5 Å². The number of aryl methyl sites for hydroxylation is 1. The molecule has 1 aromatic rings. The first kappa shape index (κ1) is 16.1. The Morgan fingerprint density at radius 3 is 2.30 bits per heavy atom. The van der Waals surface area contributed by atoms with Gasteiger partial charge in [-0.15, -0.1) is 0 Å². The molecule has 0 aliphatic heterocycles. The molecule has 1 rings (SSSR count). The Morgan fingerprint density at radius 2 is 1.90 bits per heavy atom. The molecular formula is C13H23N5O2. The maximum Gasteiger partial charge on any atom is 0.332 e. The molecule has 0 aromatic carbocycles. The average molecular weight is 281 g/mol. The minimum absolute atomic E-state index is 0.0154. The molecule has 0 fully saturated rings. The topological polar surface area (TPSA) is 84.2 Å². The number of aromatic nitrogens is 2. The third-order valence-corrected chi connectivity index (χ3v) is 2.90. The van der Waals surface area contributed by atoms with Crippen LogP contribution in [0.2, 0.25) is 0 Å². The second-order valence-electron chi connectivity index (χ2n) is 5.45. The lowest BCUT2D eigenvalue weighted by Crippen LogP contribution is -2.35. The number of anilines is 2. The van der Waals surface area contributed by atoms with Gasteiger partial charge in [-0.05, 0) is 26.7 Å². The summed E-state index contributed by atoms with van der Waals surface area (Å²) in [7, 11) is 1.70. The highest BCUT2D eigenvalue weighted by Gasteiger charge is 2.28. The fourth-order valence-electron chi connectivity index (χ4n) is 2.01. The van der Waals surface area contributed by atoms with Crippen molar-refractivity contribution in [3.8, 4) is 0 Å². The molecule has 0 unspecified atom stereocenters. The average Bonchev–Trinajstić information content (AvgIpc) is 2.33. The van der Waals surface area contributed by atoms with Crippen LogP contribution in [0.25, 0.3) is 0 Å². The predicted octanol–water partition coefficient (Wildman–Crippen LogP) is 2.61. The molecule has 0 amide bonds. The SMILES string of the molecule is CNc1nc(C)c([N+](=O)[O-])c(N(CC(C)C)C(C)C)n1. The summed E-state index contributed by atoms with van der Waals surface area (Å²) < 4.78 is 0. The number of nitrogens with zero attached hydrogens (tertiary/aromatic N) is 4. The fraction of sp³-hybridized carbons (Fsp3) is 0.692. The summed E-state index contributed by atoms with van der Waals surface area (Å²) >= 11 is 0. The Labute approximate surface area is 119 Å². The van der Waals surface area contributed by atoms with Gasteiger partial charge in [-0.25, -0.2) is 4.98 Å². The van der Waals surface area contributed by atoms with E-state index in [4.69, 9.17) is 0 Å². The van der Waals surface area contributed by atoms with Gasteiger partial charge >= 0.3 is 5.69 Å². The van der Waals surface area contributed by atoms with Crippen molar-refractivity contribution in [2.24, 2.45) is 5.92 Å². The van der Waals surface area contributed by atoms with Crippen LogP contribution in [0.3, 0.4) is 0 Å². The Bertz CT molecular complexity index is 488. The summed E-state index contributed by atoms with van der Waals surface area (Å²) in [4.78, 5) is 21.3. The quantitative estimate of drug-likeness (QED) is 0.637. The summed E-state index contributed by atoms with van der Waals surface area (Å²) in [6.45, 7) is 10.5. The van der Waals surface area contributed by atoms with E-state index in [9.17, 15) is 10.1 Å². The molecule has 0 radical (unpaired) electrons. The summed E-state index contributed by atoms with van der Waals surface area (Å²) in [5.41, 5.74) is 0.358. The van der Waals surface area contributed by atoms with Crippen molar-refractivity contribution in [3.05, 3.63) is 15.8 Å². The first-order valence-corrected chi connectivity index (χ1v) is 6.75. The third kappa shape index (κ3) is 3.55. The van der Waals surface area contributed by atoms with Gasteiger partial charge in [0.05, 0.1) is 4.92 Å². The standard InChI is InChI=1S/C13H23N5O2/c1-8(2)7-17(9(3)4)12-11(18(19)20)10(5)15-13(14-6)16-12/h8-9H,7H2,1-6H3,(H,14,15,16). The van der Waals surface area contributed by atoms with Crippen LogP contribution >= 0.6 is 0 Å². The van der Waals surface area contributed by atoms with E-state index in [1.165, 1.54) is 0 Å². The molecule has 112 valence electrons. The van der Waals surface area contributed by atoms with Crippen molar-refractivity contribution in [2.75, 3.05) is 23.8 Å². The van der Waals surface area contributed by atoms with Crippen LogP contribution in [0.1, 0.15) is 33.4 Å². The van der Waals surface area contributed by atoms with Gasteiger partial charge in [0.25, 0.3) is 0 Å². The molecule has 1 aromatic heterocycles. The van der Waals surface area contributed by atoms with Gasteiger partial charge < -0.3 is 10.2 Å². The van der Waals surface area contributed by atoms with Gasteiger partial charge in [0.1, 0.15) is 5.69 Å². The molecule has 1 N–H and O–H groups in total. The maximum atomic E-state index is 11.3. The van der Waals surface area contributed by atoms with E-state index in [1.807, 2.05) is 18.7 Å². The van der Waals surface area contributed by atoms with Gasteiger partial charge in [0.15, 0.2) is 0 Å². The van der Waals surface area contributed by atoms with Crippen LogP contribution in [0.5, 0.6) is 0 Å². The lowest BCUT2D eigenvalue weighted by atomic mass is 10.1. The highest BCUT2D eigenvalue weighted by Crippen LogP contribution is 2.31. The van der Waals surface area contributed by atoms with Gasteiger partial charge in [-0.2, -0.15) is 4.98 Å². The van der Waals surface area contributed by atoms with Crippen LogP contribution in [0.4, 0.5) is 17.5 Å². The van der Waals surface area contributed by atoms with E-state index >= 15 is 0 Å². The molecule has 0 atom stereocenters. The van der Waals surface area contributed by atoms with Gasteiger partial charge in [0, 0.05) is 19.6 Å². The van der Waals surface area contributed by atoms with Gasteiger partial charge in [-0.3, -0.25) is 10.1 Å². The molecule has 0 saturated carbocycles. The molecule has 0 aliphatic carbocycles. The predicted molar refractivity (Wildman–Crippen MR) is 80.3 cm³/mol. The zero-order chi connectivity index (χ0) is 15.4. The first-order valence-electron chi connectivity index (χ1n) is 6.75. The first-order chi connectivity index (χ1) is 9.27. The summed E-state index contributed by atoms with van der Waals surface area (Å²) in [5.74, 6) is 1.17. The lowest BCUT2D eigenvalue weighted by molar-refractivity contribution is -0.385. The van der Waals surface area contributed by atoms with Crippen LogP contribution < -0.4 is 10.2 Å². The minimum atomic E-state index is -0.403. The normalized spacial score (nSPS) is 11.0. The van der Waals surface area contributed by atoms with Crippen molar-refractivity contribution in [1.82, 2.24) is 9.97 Å². The van der Waals surface area contributed by atoms with E-state index in [-0.39, 0.29) is 11.7 Å². The fourth-order valence-corrected chi connectivity index (χ4v) is 2.01. The Morgan fingerprint density at radius 1 is 1.30 bits per heavy atom. The second-order valence-corrected chi connectivity index (χ2v) is 5.45. The zero-order valence-electron chi connectivity index (χ0n) is 13.0. The Kier molecular flexibility index (Phi) is 5.24. The molecule has 0 saturated heterocycles. The largest absolute Gasteiger partial charge is 0.357 e.